The fraction of sp³-hybridized carbons (Fsp3) is 0.133. The average Bonchev–Trinajstić information content (AvgIpc) is 2.35. The van der Waals surface area contributed by atoms with Crippen molar-refractivity contribution in [2.24, 2.45) is 5.73 Å². The van der Waals surface area contributed by atoms with E-state index >= 15 is 0 Å². The summed E-state index contributed by atoms with van der Waals surface area (Å²) in [4.78, 5) is 11.6. The first kappa shape index (κ1) is 13.9. The molecule has 1 amide bonds. The average molecular weight is 294 g/mol. The molecule has 0 saturated carbocycles. The molecule has 1 unspecified atom stereocenters. The Kier molecular flexibility index (Phi) is 4.46. The molecule has 2 N–H and O–H groups in total. The van der Waals surface area contributed by atoms with Gasteiger partial charge in [0.05, 0.1) is 5.92 Å². The van der Waals surface area contributed by atoms with Crippen molar-refractivity contribution in [1.29, 1.82) is 0 Å². The van der Waals surface area contributed by atoms with Crippen LogP contribution in [0.1, 0.15) is 17.0 Å². The lowest BCUT2D eigenvalue weighted by molar-refractivity contribution is -0.119. The van der Waals surface area contributed by atoms with Crippen LogP contribution in [0, 0.1) is 0 Å². The summed E-state index contributed by atoms with van der Waals surface area (Å²) in [7, 11) is 0. The summed E-state index contributed by atoms with van der Waals surface area (Å²) < 4.78 is 0. The van der Waals surface area contributed by atoms with Gasteiger partial charge in [0, 0.05) is 10.0 Å². The van der Waals surface area contributed by atoms with Crippen LogP contribution in [0.25, 0.3) is 0 Å². The van der Waals surface area contributed by atoms with Crippen LogP contribution < -0.4 is 5.73 Å². The van der Waals surface area contributed by atoms with E-state index in [4.69, 9.17) is 28.9 Å². The first-order chi connectivity index (χ1) is 9.06. The van der Waals surface area contributed by atoms with Crippen LogP contribution in [-0.2, 0) is 11.2 Å². The first-order valence-electron chi connectivity index (χ1n) is 5.85. The second-order valence-electron chi connectivity index (χ2n) is 4.35. The Hall–Kier alpha value is -1.51. The monoisotopic (exact) mass is 293 g/mol. The Bertz CT molecular complexity index is 564. The topological polar surface area (TPSA) is 43.1 Å². The molecule has 98 valence electrons. The van der Waals surface area contributed by atoms with Gasteiger partial charge in [0.1, 0.15) is 0 Å². The molecule has 2 aromatic carbocycles. The zero-order valence-corrected chi connectivity index (χ0v) is 11.7. The number of nitrogens with two attached hydrogens (primary N) is 1. The van der Waals surface area contributed by atoms with E-state index in [-0.39, 0.29) is 11.8 Å². The van der Waals surface area contributed by atoms with Gasteiger partial charge in [-0.15, -0.1) is 0 Å². The van der Waals surface area contributed by atoms with E-state index in [0.29, 0.717) is 16.5 Å². The summed E-state index contributed by atoms with van der Waals surface area (Å²) >= 11 is 11.9. The Balaban J connectivity index is 2.29. The maximum absolute atomic E-state index is 11.6. The van der Waals surface area contributed by atoms with Gasteiger partial charge in [0.25, 0.3) is 0 Å². The molecule has 0 fully saturated rings. The zero-order valence-electron chi connectivity index (χ0n) is 10.1. The fourth-order valence-corrected chi connectivity index (χ4v) is 2.60. The molecular formula is C15H13Cl2NO. The summed E-state index contributed by atoms with van der Waals surface area (Å²) in [5.74, 6) is -0.738. The molecule has 0 heterocycles. The minimum Gasteiger partial charge on any atom is -0.369 e. The van der Waals surface area contributed by atoms with Crippen LogP contribution >= 0.6 is 23.2 Å². The molecule has 2 aromatic rings. The molecule has 0 bridgehead atoms. The van der Waals surface area contributed by atoms with Crippen LogP contribution in [0.4, 0.5) is 0 Å². The molecule has 0 saturated heterocycles. The number of carbonyl (C=O) groups is 1. The number of hydrogen-bond donors (Lipinski definition) is 1. The maximum Gasteiger partial charge on any atom is 0.225 e. The van der Waals surface area contributed by atoms with Crippen molar-refractivity contribution in [2.75, 3.05) is 0 Å². The van der Waals surface area contributed by atoms with Crippen LogP contribution in [0.2, 0.25) is 10.0 Å². The number of hydrogen-bond acceptors (Lipinski definition) is 1. The number of rotatable bonds is 4. The quantitative estimate of drug-likeness (QED) is 0.915. The lowest BCUT2D eigenvalue weighted by atomic mass is 9.91. The summed E-state index contributed by atoms with van der Waals surface area (Å²) in [6, 6.07) is 14.7. The zero-order chi connectivity index (χ0) is 13.8. The third-order valence-electron chi connectivity index (χ3n) is 2.91. The molecule has 0 spiro atoms. The maximum atomic E-state index is 11.6. The molecule has 0 aromatic heterocycles. The molecule has 0 aliphatic rings. The number of benzene rings is 2. The second kappa shape index (κ2) is 6.09. The van der Waals surface area contributed by atoms with Crippen LogP contribution in [0.15, 0.2) is 48.5 Å². The van der Waals surface area contributed by atoms with Crippen molar-refractivity contribution in [1.82, 2.24) is 0 Å². The highest BCUT2D eigenvalue weighted by atomic mass is 35.5. The molecule has 0 aliphatic carbocycles. The largest absolute Gasteiger partial charge is 0.369 e. The van der Waals surface area contributed by atoms with Crippen molar-refractivity contribution in [3.05, 3.63) is 69.7 Å². The third-order valence-corrected chi connectivity index (χ3v) is 3.34. The van der Waals surface area contributed by atoms with Gasteiger partial charge in [-0.25, -0.2) is 0 Å². The molecule has 0 aliphatic heterocycles. The molecule has 19 heavy (non-hydrogen) atoms. The van der Waals surface area contributed by atoms with E-state index in [1.54, 1.807) is 18.2 Å². The summed E-state index contributed by atoms with van der Waals surface area (Å²) in [5.41, 5.74) is 7.28. The van der Waals surface area contributed by atoms with Gasteiger partial charge in [0.15, 0.2) is 0 Å². The van der Waals surface area contributed by atoms with Crippen molar-refractivity contribution >= 4 is 29.1 Å². The van der Waals surface area contributed by atoms with Gasteiger partial charge in [-0.2, -0.15) is 0 Å². The highest BCUT2D eigenvalue weighted by molar-refractivity contribution is 6.34. The third kappa shape index (κ3) is 3.72. The Morgan fingerprint density at radius 1 is 1.05 bits per heavy atom. The molecular weight excluding hydrogens is 281 g/mol. The van der Waals surface area contributed by atoms with E-state index in [1.807, 2.05) is 30.3 Å². The SMILES string of the molecule is NC(=O)C(Cc1cc(Cl)cc(Cl)c1)c1ccccc1. The lowest BCUT2D eigenvalue weighted by Gasteiger charge is -2.14. The molecule has 0 radical (unpaired) electrons. The van der Waals surface area contributed by atoms with Gasteiger partial charge in [-0.1, -0.05) is 53.5 Å². The molecule has 1 atom stereocenters. The minimum atomic E-state index is -0.379. The van der Waals surface area contributed by atoms with Crippen LogP contribution in [-0.4, -0.2) is 5.91 Å². The Labute approximate surface area is 122 Å². The highest BCUT2D eigenvalue weighted by Crippen LogP contribution is 2.25. The van der Waals surface area contributed by atoms with E-state index in [0.717, 1.165) is 11.1 Å². The summed E-state index contributed by atoms with van der Waals surface area (Å²) in [6.45, 7) is 0. The fourth-order valence-electron chi connectivity index (χ4n) is 2.03. The Morgan fingerprint density at radius 3 is 2.16 bits per heavy atom. The van der Waals surface area contributed by atoms with E-state index in [9.17, 15) is 4.79 Å². The van der Waals surface area contributed by atoms with Crippen molar-refractivity contribution in [3.8, 4) is 0 Å². The number of amides is 1. The van der Waals surface area contributed by atoms with Crippen molar-refractivity contribution < 1.29 is 4.79 Å². The van der Waals surface area contributed by atoms with E-state index in [2.05, 4.69) is 0 Å². The summed E-state index contributed by atoms with van der Waals surface area (Å²) in [5, 5.41) is 1.11. The number of primary amides is 1. The van der Waals surface area contributed by atoms with Crippen molar-refractivity contribution in [3.63, 3.8) is 0 Å². The highest BCUT2D eigenvalue weighted by Gasteiger charge is 2.18. The predicted molar refractivity (Wildman–Crippen MR) is 78.5 cm³/mol. The number of carbonyl (C=O) groups excluding carboxylic acids is 1. The van der Waals surface area contributed by atoms with Crippen LogP contribution in [0.5, 0.6) is 0 Å². The standard InChI is InChI=1S/C15H13Cl2NO/c16-12-6-10(7-13(17)9-12)8-14(15(18)19)11-4-2-1-3-5-11/h1-7,9,14H,8H2,(H2,18,19). The normalized spacial score (nSPS) is 12.1. The minimum absolute atomic E-state index is 0.359. The molecule has 2 rings (SSSR count). The Morgan fingerprint density at radius 2 is 1.63 bits per heavy atom. The number of halogens is 2. The van der Waals surface area contributed by atoms with Gasteiger partial charge in [-0.05, 0) is 35.7 Å². The van der Waals surface area contributed by atoms with Gasteiger partial charge >= 0.3 is 0 Å². The summed E-state index contributed by atoms with van der Waals surface area (Å²) in [6.07, 6.45) is 0.486. The van der Waals surface area contributed by atoms with Gasteiger partial charge in [0.2, 0.25) is 5.91 Å². The lowest BCUT2D eigenvalue weighted by Crippen LogP contribution is -2.23. The van der Waals surface area contributed by atoms with Crippen LogP contribution in [0.3, 0.4) is 0 Å². The van der Waals surface area contributed by atoms with Gasteiger partial charge < -0.3 is 5.73 Å². The predicted octanol–water partition coefficient (Wildman–Crippen LogP) is 3.81. The second-order valence-corrected chi connectivity index (χ2v) is 5.22. The van der Waals surface area contributed by atoms with E-state index in [1.165, 1.54) is 0 Å². The van der Waals surface area contributed by atoms with Gasteiger partial charge in [-0.3, -0.25) is 4.79 Å². The van der Waals surface area contributed by atoms with E-state index < -0.39 is 0 Å². The molecule has 2 nitrogen and oxygen atoms in total. The smallest absolute Gasteiger partial charge is 0.225 e. The first-order valence-corrected chi connectivity index (χ1v) is 6.61. The van der Waals surface area contributed by atoms with Crippen molar-refractivity contribution in [2.45, 2.75) is 12.3 Å². The molecule has 4 heteroatoms.